The van der Waals surface area contributed by atoms with Gasteiger partial charge in [-0.2, -0.15) is 12.6 Å². The quantitative estimate of drug-likeness (QED) is 0.685. The molecule has 1 heterocycles. The molecule has 1 aliphatic heterocycles. The van der Waals surface area contributed by atoms with Crippen molar-refractivity contribution in [1.29, 1.82) is 0 Å². The molecule has 5 heteroatoms. The first-order chi connectivity index (χ1) is 9.51. The fourth-order valence-corrected chi connectivity index (χ4v) is 2.46. The van der Waals surface area contributed by atoms with Crippen molar-refractivity contribution in [2.75, 3.05) is 17.2 Å². The van der Waals surface area contributed by atoms with Crippen LogP contribution in [-0.4, -0.2) is 30.3 Å². The Morgan fingerprint density at radius 2 is 2.05 bits per heavy atom. The molecule has 2 rings (SSSR count). The Hall–Kier alpha value is -1.49. The third kappa shape index (κ3) is 3.33. The second-order valence-corrected chi connectivity index (χ2v) is 5.62. The summed E-state index contributed by atoms with van der Waals surface area (Å²) in [6.45, 7) is 4.32. The van der Waals surface area contributed by atoms with Gasteiger partial charge in [0.2, 0.25) is 5.91 Å². The number of esters is 1. The lowest BCUT2D eigenvalue weighted by Gasteiger charge is -2.17. The molecule has 20 heavy (non-hydrogen) atoms. The highest BCUT2D eigenvalue weighted by Crippen LogP contribution is 2.26. The first-order valence-electron chi connectivity index (χ1n) is 6.73. The van der Waals surface area contributed by atoms with Gasteiger partial charge in [0.1, 0.15) is 0 Å². The molecule has 1 aromatic rings. The normalized spacial score (nSPS) is 18.7. The minimum Gasteiger partial charge on any atom is -0.459 e. The molecule has 1 saturated heterocycles. The number of hydrogen-bond donors (Lipinski definition) is 1. The fourth-order valence-electron chi connectivity index (χ4n) is 2.21. The highest BCUT2D eigenvalue weighted by atomic mass is 32.1. The number of amides is 1. The summed E-state index contributed by atoms with van der Waals surface area (Å²) in [5.74, 6) is 0.784. The van der Waals surface area contributed by atoms with Gasteiger partial charge in [-0.15, -0.1) is 0 Å². The molecular weight excluding hydrogens is 274 g/mol. The average Bonchev–Trinajstić information content (AvgIpc) is 2.79. The van der Waals surface area contributed by atoms with Gasteiger partial charge in [-0.1, -0.05) is 0 Å². The lowest BCUT2D eigenvalue weighted by molar-refractivity contribution is -0.117. The molecule has 108 valence electrons. The van der Waals surface area contributed by atoms with E-state index in [4.69, 9.17) is 4.74 Å². The van der Waals surface area contributed by atoms with Gasteiger partial charge in [0, 0.05) is 18.7 Å². The van der Waals surface area contributed by atoms with Crippen LogP contribution in [0.15, 0.2) is 24.3 Å². The Labute approximate surface area is 124 Å². The van der Waals surface area contributed by atoms with Crippen LogP contribution >= 0.6 is 12.6 Å². The zero-order valence-electron chi connectivity index (χ0n) is 11.7. The highest BCUT2D eigenvalue weighted by Gasteiger charge is 2.29. The Kier molecular flexibility index (Phi) is 4.70. The van der Waals surface area contributed by atoms with Crippen LogP contribution in [-0.2, 0) is 9.53 Å². The third-order valence-electron chi connectivity index (χ3n) is 3.22. The standard InChI is InChI=1S/C15H19NO3S/c1-10(2)19-15(18)12-3-5-13(6-4-12)16-8-11(9-20)7-14(16)17/h3-6,10-11,20H,7-9H2,1-2H3. The fraction of sp³-hybridized carbons (Fsp3) is 0.467. The SMILES string of the molecule is CC(C)OC(=O)c1ccc(N2CC(CS)CC2=O)cc1. The summed E-state index contributed by atoms with van der Waals surface area (Å²) in [4.78, 5) is 25.4. The molecule has 0 aliphatic carbocycles. The van der Waals surface area contributed by atoms with E-state index >= 15 is 0 Å². The monoisotopic (exact) mass is 293 g/mol. The molecule has 0 N–H and O–H groups in total. The largest absolute Gasteiger partial charge is 0.459 e. The van der Waals surface area contributed by atoms with Crippen molar-refractivity contribution in [3.8, 4) is 0 Å². The molecular formula is C15H19NO3S. The molecule has 1 unspecified atom stereocenters. The molecule has 4 nitrogen and oxygen atoms in total. The molecule has 1 aromatic carbocycles. The van der Waals surface area contributed by atoms with Gasteiger partial charge in [-0.3, -0.25) is 4.79 Å². The smallest absolute Gasteiger partial charge is 0.338 e. The van der Waals surface area contributed by atoms with E-state index in [9.17, 15) is 9.59 Å². The lowest BCUT2D eigenvalue weighted by Crippen LogP contribution is -2.24. The Morgan fingerprint density at radius 3 is 2.55 bits per heavy atom. The van der Waals surface area contributed by atoms with Gasteiger partial charge in [-0.25, -0.2) is 4.79 Å². The summed E-state index contributed by atoms with van der Waals surface area (Å²) in [5.41, 5.74) is 1.32. The van der Waals surface area contributed by atoms with E-state index in [1.165, 1.54) is 0 Å². The van der Waals surface area contributed by atoms with Gasteiger partial charge in [0.15, 0.2) is 0 Å². The van der Waals surface area contributed by atoms with E-state index in [-0.39, 0.29) is 18.0 Å². The summed E-state index contributed by atoms with van der Waals surface area (Å²) < 4.78 is 5.13. The zero-order chi connectivity index (χ0) is 14.7. The second kappa shape index (κ2) is 6.31. The van der Waals surface area contributed by atoms with Crippen LogP contribution in [0.3, 0.4) is 0 Å². The average molecular weight is 293 g/mol. The number of anilines is 1. The number of benzene rings is 1. The van der Waals surface area contributed by atoms with Crippen LogP contribution in [0.5, 0.6) is 0 Å². The molecule has 1 aliphatic rings. The Morgan fingerprint density at radius 1 is 1.40 bits per heavy atom. The van der Waals surface area contributed by atoms with E-state index in [1.54, 1.807) is 29.2 Å². The zero-order valence-corrected chi connectivity index (χ0v) is 12.6. The highest BCUT2D eigenvalue weighted by molar-refractivity contribution is 7.80. The number of ether oxygens (including phenoxy) is 1. The van der Waals surface area contributed by atoms with Crippen molar-refractivity contribution in [2.24, 2.45) is 5.92 Å². The van der Waals surface area contributed by atoms with Gasteiger partial charge in [0.05, 0.1) is 11.7 Å². The maximum atomic E-state index is 11.9. The summed E-state index contributed by atoms with van der Waals surface area (Å²) in [7, 11) is 0. The minimum absolute atomic E-state index is 0.113. The first-order valence-corrected chi connectivity index (χ1v) is 7.36. The number of thiol groups is 1. The van der Waals surface area contributed by atoms with Crippen molar-refractivity contribution in [3.05, 3.63) is 29.8 Å². The number of nitrogens with zero attached hydrogens (tertiary/aromatic N) is 1. The molecule has 1 amide bonds. The molecule has 0 aromatic heterocycles. The van der Waals surface area contributed by atoms with Gasteiger partial charge in [0.25, 0.3) is 0 Å². The molecule has 0 spiro atoms. The Balaban J connectivity index is 2.09. The summed E-state index contributed by atoms with van der Waals surface area (Å²) >= 11 is 4.24. The van der Waals surface area contributed by atoms with Crippen molar-refractivity contribution in [2.45, 2.75) is 26.4 Å². The van der Waals surface area contributed by atoms with E-state index in [0.29, 0.717) is 30.2 Å². The van der Waals surface area contributed by atoms with Gasteiger partial charge in [-0.05, 0) is 49.8 Å². The first kappa shape index (κ1) is 14.9. The molecule has 0 saturated carbocycles. The summed E-state index contributed by atoms with van der Waals surface area (Å²) in [6.07, 6.45) is 0.402. The molecule has 0 radical (unpaired) electrons. The number of rotatable bonds is 4. The molecule has 1 atom stereocenters. The molecule has 1 fully saturated rings. The van der Waals surface area contributed by atoms with Crippen LogP contribution in [0, 0.1) is 5.92 Å². The predicted molar refractivity (Wildman–Crippen MR) is 81.3 cm³/mol. The predicted octanol–water partition coefficient (Wildman–Crippen LogP) is 2.53. The van der Waals surface area contributed by atoms with Crippen LogP contribution in [0.1, 0.15) is 30.6 Å². The van der Waals surface area contributed by atoms with Crippen molar-refractivity contribution < 1.29 is 14.3 Å². The van der Waals surface area contributed by atoms with E-state index in [0.717, 1.165) is 5.69 Å². The number of hydrogen-bond acceptors (Lipinski definition) is 4. The van der Waals surface area contributed by atoms with Crippen LogP contribution in [0.4, 0.5) is 5.69 Å². The van der Waals surface area contributed by atoms with Crippen molar-refractivity contribution >= 4 is 30.2 Å². The minimum atomic E-state index is -0.340. The number of carbonyl (C=O) groups excluding carboxylic acids is 2. The van der Waals surface area contributed by atoms with Gasteiger partial charge < -0.3 is 9.64 Å². The van der Waals surface area contributed by atoms with Crippen molar-refractivity contribution in [3.63, 3.8) is 0 Å². The van der Waals surface area contributed by atoms with E-state index < -0.39 is 0 Å². The summed E-state index contributed by atoms with van der Waals surface area (Å²) in [6, 6.07) is 6.97. The van der Waals surface area contributed by atoms with Gasteiger partial charge >= 0.3 is 5.97 Å². The van der Waals surface area contributed by atoms with Crippen LogP contribution in [0.2, 0.25) is 0 Å². The number of carbonyl (C=O) groups is 2. The Bertz CT molecular complexity index is 498. The molecule has 0 bridgehead atoms. The summed E-state index contributed by atoms with van der Waals surface area (Å²) in [5, 5.41) is 0. The van der Waals surface area contributed by atoms with Crippen molar-refractivity contribution in [1.82, 2.24) is 0 Å². The maximum Gasteiger partial charge on any atom is 0.338 e. The van der Waals surface area contributed by atoms with E-state index in [1.807, 2.05) is 13.8 Å². The lowest BCUT2D eigenvalue weighted by atomic mass is 10.1. The van der Waals surface area contributed by atoms with Crippen LogP contribution < -0.4 is 4.90 Å². The third-order valence-corrected chi connectivity index (χ3v) is 3.74. The van der Waals surface area contributed by atoms with E-state index in [2.05, 4.69) is 12.6 Å². The topological polar surface area (TPSA) is 46.6 Å². The second-order valence-electron chi connectivity index (χ2n) is 5.26. The van der Waals surface area contributed by atoms with Crippen LogP contribution in [0.25, 0.3) is 0 Å². The maximum absolute atomic E-state index is 11.9.